The number of aryl methyl sites for hydroxylation is 1. The predicted molar refractivity (Wildman–Crippen MR) is 101 cm³/mol. The number of nitrogens with zero attached hydrogens (tertiary/aromatic N) is 3. The zero-order valence-corrected chi connectivity index (χ0v) is 16.0. The molecule has 1 fully saturated rings. The minimum Gasteiger partial charge on any atom is -0.349 e. The first-order chi connectivity index (χ1) is 12.0. The van der Waals surface area contributed by atoms with Crippen LogP contribution in [-0.4, -0.2) is 37.4 Å². The van der Waals surface area contributed by atoms with Gasteiger partial charge in [0.25, 0.3) is 11.5 Å². The molecule has 0 bridgehead atoms. The normalized spacial score (nSPS) is 19.3. The second-order valence-corrected chi connectivity index (χ2v) is 8.47. The molecule has 0 aliphatic carbocycles. The predicted octanol–water partition coefficient (Wildman–Crippen LogP) is 1.61. The Balaban J connectivity index is 1.81. The second-order valence-electron chi connectivity index (χ2n) is 8.47. The van der Waals surface area contributed by atoms with Crippen molar-refractivity contribution < 1.29 is 4.79 Å². The first-order valence-electron chi connectivity index (χ1n) is 8.87. The molecule has 1 amide bonds. The van der Waals surface area contributed by atoms with Gasteiger partial charge in [0.1, 0.15) is 0 Å². The molecule has 26 heavy (non-hydrogen) atoms. The Bertz CT molecular complexity index is 862. The number of piperidine rings is 1. The largest absolute Gasteiger partial charge is 0.349 e. The second kappa shape index (κ2) is 6.39. The summed E-state index contributed by atoms with van der Waals surface area (Å²) < 4.78 is 3.06. The zero-order valence-electron chi connectivity index (χ0n) is 16.0. The molecule has 3 rings (SSSR count). The molecule has 2 N–H and O–H groups in total. The van der Waals surface area contributed by atoms with Gasteiger partial charge in [0.15, 0.2) is 0 Å². The molecule has 7 heteroatoms. The Morgan fingerprint density at radius 3 is 2.42 bits per heavy atom. The van der Waals surface area contributed by atoms with Crippen LogP contribution in [-0.2, 0) is 7.05 Å². The highest BCUT2D eigenvalue weighted by atomic mass is 16.2. The zero-order chi connectivity index (χ0) is 19.1. The molecule has 1 saturated heterocycles. The lowest BCUT2D eigenvalue weighted by molar-refractivity contribution is 0.0872. The molecule has 1 aliphatic rings. The molecule has 1 aliphatic heterocycles. The maximum Gasteiger partial charge on any atom is 0.255 e. The standard InChI is InChI=1S/C19H27N5O2/c1-18(2)8-14(9-19(3,4)22-18)21-17(26)13-6-7-16(25)24(11-13)15-10-20-23(5)12-15/h6-7,10-12,14,22H,8-9H2,1-5H3,(H,21,26). The van der Waals surface area contributed by atoms with Gasteiger partial charge in [0.05, 0.1) is 17.4 Å². The van der Waals surface area contributed by atoms with E-state index in [0.717, 1.165) is 12.8 Å². The van der Waals surface area contributed by atoms with E-state index in [1.54, 1.807) is 36.4 Å². The van der Waals surface area contributed by atoms with Gasteiger partial charge in [-0.2, -0.15) is 5.10 Å². The van der Waals surface area contributed by atoms with Crippen LogP contribution in [0.15, 0.2) is 35.5 Å². The summed E-state index contributed by atoms with van der Waals surface area (Å²) in [6.45, 7) is 8.59. The van der Waals surface area contributed by atoms with E-state index in [4.69, 9.17) is 0 Å². The molecular formula is C19H27N5O2. The molecular weight excluding hydrogens is 330 g/mol. The Morgan fingerprint density at radius 1 is 1.19 bits per heavy atom. The average molecular weight is 357 g/mol. The van der Waals surface area contributed by atoms with Crippen LogP contribution in [0.3, 0.4) is 0 Å². The number of aromatic nitrogens is 3. The van der Waals surface area contributed by atoms with Gasteiger partial charge in [-0.05, 0) is 46.6 Å². The first-order valence-corrected chi connectivity index (χ1v) is 8.87. The molecule has 3 heterocycles. The number of nitrogens with one attached hydrogen (secondary N) is 2. The number of carbonyl (C=O) groups excluding carboxylic acids is 1. The smallest absolute Gasteiger partial charge is 0.255 e. The fourth-order valence-electron chi connectivity index (χ4n) is 4.05. The lowest BCUT2D eigenvalue weighted by atomic mass is 9.79. The number of hydrogen-bond acceptors (Lipinski definition) is 4. The topological polar surface area (TPSA) is 81.0 Å². The van der Waals surface area contributed by atoms with Crippen molar-refractivity contribution in [2.24, 2.45) is 7.05 Å². The van der Waals surface area contributed by atoms with E-state index in [-0.39, 0.29) is 28.6 Å². The van der Waals surface area contributed by atoms with Crippen LogP contribution in [0.25, 0.3) is 5.69 Å². The first kappa shape index (κ1) is 18.4. The van der Waals surface area contributed by atoms with Crippen molar-refractivity contribution in [3.05, 3.63) is 46.6 Å². The Labute approximate surface area is 153 Å². The summed E-state index contributed by atoms with van der Waals surface area (Å²) in [5.74, 6) is -0.166. The Kier molecular flexibility index (Phi) is 4.52. The molecule has 0 aromatic carbocycles. The van der Waals surface area contributed by atoms with Crippen LogP contribution >= 0.6 is 0 Å². The molecule has 2 aromatic heterocycles. The molecule has 0 atom stereocenters. The van der Waals surface area contributed by atoms with Crippen LogP contribution in [0, 0.1) is 0 Å². The molecule has 7 nitrogen and oxygen atoms in total. The third-order valence-corrected chi connectivity index (χ3v) is 4.67. The summed E-state index contributed by atoms with van der Waals surface area (Å²) in [5, 5.41) is 10.8. The number of rotatable bonds is 3. The van der Waals surface area contributed by atoms with Crippen LogP contribution < -0.4 is 16.2 Å². The van der Waals surface area contributed by atoms with Gasteiger partial charge in [-0.25, -0.2) is 0 Å². The lowest BCUT2D eigenvalue weighted by Crippen LogP contribution is -2.62. The minimum atomic E-state index is -0.196. The number of pyridine rings is 1. The summed E-state index contributed by atoms with van der Waals surface area (Å²) in [4.78, 5) is 24.9. The Hall–Kier alpha value is -2.41. The SMILES string of the molecule is Cn1cc(-n2cc(C(=O)NC3CC(C)(C)NC(C)(C)C3)ccc2=O)cn1. The molecule has 0 saturated carbocycles. The lowest BCUT2D eigenvalue weighted by Gasteiger charge is -2.46. The number of carbonyl (C=O) groups is 1. The van der Waals surface area contributed by atoms with E-state index in [1.807, 2.05) is 0 Å². The quantitative estimate of drug-likeness (QED) is 0.874. The van der Waals surface area contributed by atoms with Gasteiger partial charge in [0, 0.05) is 42.6 Å². The molecule has 0 unspecified atom stereocenters. The third kappa shape index (κ3) is 4.04. The molecule has 140 valence electrons. The van der Waals surface area contributed by atoms with Crippen LogP contribution in [0.5, 0.6) is 0 Å². The van der Waals surface area contributed by atoms with Gasteiger partial charge in [-0.3, -0.25) is 18.8 Å². The summed E-state index contributed by atoms with van der Waals surface area (Å²) >= 11 is 0. The fraction of sp³-hybridized carbons (Fsp3) is 0.526. The summed E-state index contributed by atoms with van der Waals surface area (Å²) in [5.41, 5.74) is 0.806. The van der Waals surface area contributed by atoms with E-state index < -0.39 is 0 Å². The minimum absolute atomic E-state index is 0.0474. The van der Waals surface area contributed by atoms with Crippen molar-refractivity contribution in [3.63, 3.8) is 0 Å². The van der Waals surface area contributed by atoms with Crippen molar-refractivity contribution in [1.29, 1.82) is 0 Å². The van der Waals surface area contributed by atoms with E-state index in [0.29, 0.717) is 11.3 Å². The van der Waals surface area contributed by atoms with Crippen molar-refractivity contribution in [2.45, 2.75) is 57.7 Å². The summed E-state index contributed by atoms with van der Waals surface area (Å²) in [7, 11) is 1.78. The van der Waals surface area contributed by atoms with Crippen molar-refractivity contribution >= 4 is 5.91 Å². The van der Waals surface area contributed by atoms with Gasteiger partial charge < -0.3 is 10.6 Å². The van der Waals surface area contributed by atoms with Crippen molar-refractivity contribution in [1.82, 2.24) is 25.0 Å². The van der Waals surface area contributed by atoms with Crippen molar-refractivity contribution in [3.8, 4) is 5.69 Å². The van der Waals surface area contributed by atoms with E-state index in [2.05, 4.69) is 43.4 Å². The van der Waals surface area contributed by atoms with Crippen molar-refractivity contribution in [2.75, 3.05) is 0 Å². The highest BCUT2D eigenvalue weighted by molar-refractivity contribution is 5.94. The monoisotopic (exact) mass is 357 g/mol. The molecule has 0 radical (unpaired) electrons. The van der Waals surface area contributed by atoms with Gasteiger partial charge >= 0.3 is 0 Å². The Morgan fingerprint density at radius 2 is 1.85 bits per heavy atom. The number of amides is 1. The van der Waals surface area contributed by atoms with E-state index in [9.17, 15) is 9.59 Å². The van der Waals surface area contributed by atoms with Gasteiger partial charge in [-0.1, -0.05) is 0 Å². The van der Waals surface area contributed by atoms with Gasteiger partial charge in [0.2, 0.25) is 0 Å². The molecule has 2 aromatic rings. The maximum atomic E-state index is 12.8. The number of hydrogen-bond donors (Lipinski definition) is 2. The summed E-state index contributed by atoms with van der Waals surface area (Å²) in [6, 6.07) is 3.06. The van der Waals surface area contributed by atoms with E-state index in [1.165, 1.54) is 10.6 Å². The van der Waals surface area contributed by atoms with Crippen LogP contribution in [0.1, 0.15) is 50.9 Å². The highest BCUT2D eigenvalue weighted by Gasteiger charge is 2.38. The average Bonchev–Trinajstić information content (AvgIpc) is 2.90. The third-order valence-electron chi connectivity index (χ3n) is 4.67. The maximum absolute atomic E-state index is 12.8. The molecule has 0 spiro atoms. The van der Waals surface area contributed by atoms with Crippen LogP contribution in [0.4, 0.5) is 0 Å². The van der Waals surface area contributed by atoms with E-state index >= 15 is 0 Å². The fourth-order valence-corrected chi connectivity index (χ4v) is 4.05. The van der Waals surface area contributed by atoms with Crippen LogP contribution in [0.2, 0.25) is 0 Å². The summed E-state index contributed by atoms with van der Waals surface area (Å²) in [6.07, 6.45) is 6.61. The highest BCUT2D eigenvalue weighted by Crippen LogP contribution is 2.28. The van der Waals surface area contributed by atoms with Gasteiger partial charge in [-0.15, -0.1) is 0 Å².